The fourth-order valence-corrected chi connectivity index (χ4v) is 2.78. The molecule has 2 aromatic rings. The van der Waals surface area contributed by atoms with Crippen molar-refractivity contribution < 1.29 is 19.2 Å². The van der Waals surface area contributed by atoms with E-state index in [1.807, 2.05) is 0 Å². The maximum Gasteiger partial charge on any atom is 0.253 e. The molecule has 5 N–H and O–H groups in total. The van der Waals surface area contributed by atoms with Gasteiger partial charge in [-0.1, -0.05) is 35.3 Å². The first-order chi connectivity index (χ1) is 13.7. The van der Waals surface area contributed by atoms with Crippen molar-refractivity contribution in [2.45, 2.75) is 6.42 Å². The second kappa shape index (κ2) is 10.4. The Balaban J connectivity index is 1.74. The van der Waals surface area contributed by atoms with Gasteiger partial charge in [-0.25, -0.2) is 0 Å². The second-order valence-corrected chi connectivity index (χ2v) is 6.82. The summed E-state index contributed by atoms with van der Waals surface area (Å²) in [7, 11) is 0. The van der Waals surface area contributed by atoms with Crippen LogP contribution >= 0.6 is 23.2 Å². The number of carbonyl (C=O) groups is 4. The van der Waals surface area contributed by atoms with Gasteiger partial charge in [-0.2, -0.15) is 0 Å². The molecular weight excluding hydrogens is 419 g/mol. The maximum atomic E-state index is 12.0. The molecule has 0 atom stereocenters. The molecule has 152 valence electrons. The first-order valence-electron chi connectivity index (χ1n) is 8.41. The number of halogens is 2. The average molecular weight is 437 g/mol. The van der Waals surface area contributed by atoms with Crippen molar-refractivity contribution in [1.29, 1.82) is 0 Å². The first-order valence-corrected chi connectivity index (χ1v) is 9.17. The molecule has 0 spiro atoms. The number of amides is 4. The van der Waals surface area contributed by atoms with Gasteiger partial charge in [-0.3, -0.25) is 19.2 Å². The van der Waals surface area contributed by atoms with E-state index in [0.717, 1.165) is 5.56 Å². The van der Waals surface area contributed by atoms with Gasteiger partial charge in [-0.05, 0) is 35.9 Å². The molecule has 0 saturated carbocycles. The van der Waals surface area contributed by atoms with E-state index in [9.17, 15) is 19.2 Å². The van der Waals surface area contributed by atoms with Gasteiger partial charge in [0.05, 0.1) is 30.1 Å². The summed E-state index contributed by atoms with van der Waals surface area (Å²) < 4.78 is 0. The lowest BCUT2D eigenvalue weighted by atomic mass is 10.1. The Bertz CT molecular complexity index is 932. The minimum absolute atomic E-state index is 0.108. The average Bonchev–Trinajstić information content (AvgIpc) is 2.65. The number of carbonyl (C=O) groups excluding carboxylic acids is 4. The molecule has 2 aromatic carbocycles. The lowest BCUT2D eigenvalue weighted by Crippen LogP contribution is -2.40. The van der Waals surface area contributed by atoms with Crippen LogP contribution in [0.15, 0.2) is 42.5 Å². The standard InChI is InChI=1S/C19H18Cl2N4O4/c20-12-3-6-14(15(21)8-12)19(29)24-9-17(27)23-10-18(28)25-13-4-1-11(2-5-13)7-16(22)26/h1-6,8H,7,9-10H2,(H2,22,26)(H,23,27)(H,24,29)(H,25,28). The van der Waals surface area contributed by atoms with Gasteiger partial charge in [0.25, 0.3) is 5.91 Å². The quantitative estimate of drug-likeness (QED) is 0.499. The number of benzene rings is 2. The van der Waals surface area contributed by atoms with Gasteiger partial charge in [0.15, 0.2) is 0 Å². The number of anilines is 1. The molecule has 0 unspecified atom stereocenters. The number of hydrogen-bond donors (Lipinski definition) is 4. The summed E-state index contributed by atoms with van der Waals surface area (Å²) in [5, 5.41) is 7.94. The van der Waals surface area contributed by atoms with E-state index in [-0.39, 0.29) is 30.1 Å². The lowest BCUT2D eigenvalue weighted by Gasteiger charge is -2.09. The van der Waals surface area contributed by atoms with Crippen LogP contribution in [0.3, 0.4) is 0 Å². The molecule has 8 nitrogen and oxygen atoms in total. The molecule has 0 aliphatic carbocycles. The van der Waals surface area contributed by atoms with E-state index in [2.05, 4.69) is 16.0 Å². The van der Waals surface area contributed by atoms with Crippen LogP contribution in [0, 0.1) is 0 Å². The Labute approximate surface area is 176 Å². The summed E-state index contributed by atoms with van der Waals surface area (Å²) >= 11 is 11.7. The van der Waals surface area contributed by atoms with Gasteiger partial charge in [0.2, 0.25) is 17.7 Å². The molecule has 0 bridgehead atoms. The lowest BCUT2D eigenvalue weighted by molar-refractivity contribution is -0.123. The zero-order chi connectivity index (χ0) is 21.4. The van der Waals surface area contributed by atoms with Crippen molar-refractivity contribution in [1.82, 2.24) is 10.6 Å². The Kier molecular flexibility index (Phi) is 7.99. The molecule has 10 heteroatoms. The van der Waals surface area contributed by atoms with Crippen LogP contribution in [0.1, 0.15) is 15.9 Å². The Morgan fingerprint density at radius 1 is 0.862 bits per heavy atom. The van der Waals surface area contributed by atoms with Crippen LogP contribution in [-0.4, -0.2) is 36.7 Å². The van der Waals surface area contributed by atoms with Crippen LogP contribution in [0.2, 0.25) is 10.0 Å². The van der Waals surface area contributed by atoms with E-state index < -0.39 is 23.6 Å². The third kappa shape index (κ3) is 7.44. The van der Waals surface area contributed by atoms with E-state index in [1.54, 1.807) is 24.3 Å². The number of rotatable bonds is 8. The second-order valence-electron chi connectivity index (χ2n) is 5.97. The van der Waals surface area contributed by atoms with Crippen molar-refractivity contribution in [3.05, 3.63) is 63.6 Å². The Hall–Kier alpha value is -3.10. The van der Waals surface area contributed by atoms with Crippen LogP contribution in [0.5, 0.6) is 0 Å². The number of nitrogens with one attached hydrogen (secondary N) is 3. The molecule has 0 fully saturated rings. The number of hydrogen-bond acceptors (Lipinski definition) is 4. The maximum absolute atomic E-state index is 12.0. The summed E-state index contributed by atoms with van der Waals surface area (Å²) in [5.41, 5.74) is 6.52. The molecule has 0 radical (unpaired) electrons. The predicted octanol–water partition coefficient (Wildman–Crippen LogP) is 1.51. The van der Waals surface area contributed by atoms with Crippen LogP contribution in [-0.2, 0) is 20.8 Å². The predicted molar refractivity (Wildman–Crippen MR) is 110 cm³/mol. The first kappa shape index (κ1) is 22.2. The SMILES string of the molecule is NC(=O)Cc1ccc(NC(=O)CNC(=O)CNC(=O)c2ccc(Cl)cc2Cl)cc1. The number of nitrogens with two attached hydrogens (primary N) is 1. The highest BCUT2D eigenvalue weighted by atomic mass is 35.5. The van der Waals surface area contributed by atoms with E-state index >= 15 is 0 Å². The summed E-state index contributed by atoms with van der Waals surface area (Å²) in [6, 6.07) is 10.9. The van der Waals surface area contributed by atoms with Gasteiger partial charge < -0.3 is 21.7 Å². The Morgan fingerprint density at radius 3 is 2.14 bits per heavy atom. The number of primary amides is 1. The van der Waals surface area contributed by atoms with E-state index in [4.69, 9.17) is 28.9 Å². The fraction of sp³-hybridized carbons (Fsp3) is 0.158. The summed E-state index contributed by atoms with van der Waals surface area (Å²) in [6.07, 6.45) is 0.108. The van der Waals surface area contributed by atoms with E-state index in [0.29, 0.717) is 10.7 Å². The van der Waals surface area contributed by atoms with Crippen molar-refractivity contribution >= 4 is 52.5 Å². The monoisotopic (exact) mass is 436 g/mol. The minimum atomic E-state index is -0.546. The van der Waals surface area contributed by atoms with E-state index in [1.165, 1.54) is 18.2 Å². The third-order valence-corrected chi connectivity index (χ3v) is 4.20. The largest absolute Gasteiger partial charge is 0.369 e. The molecule has 0 aromatic heterocycles. The third-order valence-electron chi connectivity index (χ3n) is 3.65. The summed E-state index contributed by atoms with van der Waals surface area (Å²) in [5.74, 6) is -1.99. The molecule has 2 rings (SSSR count). The normalized spacial score (nSPS) is 10.1. The van der Waals surface area contributed by atoms with Crippen molar-refractivity contribution in [3.8, 4) is 0 Å². The molecule has 0 aliphatic rings. The highest BCUT2D eigenvalue weighted by Gasteiger charge is 2.12. The smallest absolute Gasteiger partial charge is 0.253 e. The molecule has 0 saturated heterocycles. The molecular formula is C19H18Cl2N4O4. The van der Waals surface area contributed by atoms with Gasteiger partial charge >= 0.3 is 0 Å². The topological polar surface area (TPSA) is 130 Å². The van der Waals surface area contributed by atoms with Crippen LogP contribution in [0.25, 0.3) is 0 Å². The van der Waals surface area contributed by atoms with Gasteiger partial charge in [-0.15, -0.1) is 0 Å². The zero-order valence-electron chi connectivity index (χ0n) is 15.1. The summed E-state index contributed by atoms with van der Waals surface area (Å²) in [6.45, 7) is -0.605. The minimum Gasteiger partial charge on any atom is -0.369 e. The Morgan fingerprint density at radius 2 is 1.52 bits per heavy atom. The van der Waals surface area contributed by atoms with Crippen molar-refractivity contribution in [3.63, 3.8) is 0 Å². The summed E-state index contributed by atoms with van der Waals surface area (Å²) in [4.78, 5) is 46.6. The molecule has 4 amide bonds. The highest BCUT2D eigenvalue weighted by Crippen LogP contribution is 2.20. The van der Waals surface area contributed by atoms with Crippen LogP contribution in [0.4, 0.5) is 5.69 Å². The molecule has 0 aliphatic heterocycles. The highest BCUT2D eigenvalue weighted by molar-refractivity contribution is 6.36. The van der Waals surface area contributed by atoms with Crippen LogP contribution < -0.4 is 21.7 Å². The van der Waals surface area contributed by atoms with Gasteiger partial charge in [0.1, 0.15) is 0 Å². The molecule has 29 heavy (non-hydrogen) atoms. The zero-order valence-corrected chi connectivity index (χ0v) is 16.6. The molecule has 0 heterocycles. The van der Waals surface area contributed by atoms with Crippen molar-refractivity contribution in [2.75, 3.05) is 18.4 Å². The van der Waals surface area contributed by atoms with Gasteiger partial charge in [0, 0.05) is 10.7 Å². The fourth-order valence-electron chi connectivity index (χ4n) is 2.28. The van der Waals surface area contributed by atoms with Crippen molar-refractivity contribution in [2.24, 2.45) is 5.73 Å².